The van der Waals surface area contributed by atoms with E-state index in [-0.39, 0.29) is 5.91 Å². The Labute approximate surface area is 141 Å². The second-order valence-electron chi connectivity index (χ2n) is 5.97. The largest absolute Gasteiger partial charge is 0.370 e. The van der Waals surface area contributed by atoms with Crippen LogP contribution < -0.4 is 4.90 Å². The average molecular weight is 330 g/mol. The Bertz CT molecular complexity index is 643. The van der Waals surface area contributed by atoms with E-state index in [2.05, 4.69) is 11.0 Å². The summed E-state index contributed by atoms with van der Waals surface area (Å²) in [7, 11) is 0. The van der Waals surface area contributed by atoms with E-state index in [0.29, 0.717) is 22.3 Å². The summed E-state index contributed by atoms with van der Waals surface area (Å²) in [6, 6.07) is 4.22. The summed E-state index contributed by atoms with van der Waals surface area (Å²) in [6.07, 6.45) is 2.29. The zero-order valence-electron chi connectivity index (χ0n) is 13.7. The number of amides is 1. The third kappa shape index (κ3) is 3.02. The van der Waals surface area contributed by atoms with E-state index in [1.54, 1.807) is 0 Å². The molecule has 0 radical (unpaired) electrons. The highest BCUT2D eigenvalue weighted by Gasteiger charge is 2.33. The number of piperidine rings is 1. The van der Waals surface area contributed by atoms with Crippen molar-refractivity contribution in [2.75, 3.05) is 36.8 Å². The lowest BCUT2D eigenvalue weighted by Crippen LogP contribution is -2.39. The highest BCUT2D eigenvalue weighted by molar-refractivity contribution is 8.00. The van der Waals surface area contributed by atoms with Gasteiger partial charge < -0.3 is 9.80 Å². The monoisotopic (exact) mass is 330 g/mol. The van der Waals surface area contributed by atoms with Crippen LogP contribution in [0.4, 0.5) is 5.69 Å². The second kappa shape index (κ2) is 6.79. The molecule has 2 bridgehead atoms. The molecule has 0 spiro atoms. The van der Waals surface area contributed by atoms with Gasteiger partial charge in [-0.1, -0.05) is 11.8 Å². The first-order valence-corrected chi connectivity index (χ1v) is 9.27. The number of carbonyl (C=O) groups excluding carboxylic acids is 1. The summed E-state index contributed by atoms with van der Waals surface area (Å²) < 4.78 is 0. The van der Waals surface area contributed by atoms with Gasteiger partial charge in [-0.25, -0.2) is 4.98 Å². The van der Waals surface area contributed by atoms with E-state index in [0.717, 1.165) is 50.4 Å². The second-order valence-corrected chi connectivity index (χ2v) is 6.94. The van der Waals surface area contributed by atoms with E-state index >= 15 is 0 Å². The molecule has 1 saturated heterocycles. The molecule has 0 aliphatic carbocycles. The lowest BCUT2D eigenvalue weighted by atomic mass is 9.86. The molecular weight excluding hydrogens is 308 g/mol. The number of hydrogen-bond acceptors (Lipinski definition) is 5. The Morgan fingerprint density at radius 1 is 1.43 bits per heavy atom. The molecule has 0 aromatic carbocycles. The number of pyridine rings is 1. The highest BCUT2D eigenvalue weighted by Crippen LogP contribution is 2.42. The van der Waals surface area contributed by atoms with E-state index in [1.165, 1.54) is 11.8 Å². The molecule has 1 fully saturated rings. The molecule has 1 aromatic heterocycles. The van der Waals surface area contributed by atoms with Gasteiger partial charge in [0.1, 0.15) is 11.1 Å². The topological polar surface area (TPSA) is 60.2 Å². The fourth-order valence-corrected chi connectivity index (χ4v) is 4.30. The van der Waals surface area contributed by atoms with Crippen LogP contribution in [0.1, 0.15) is 43.9 Å². The summed E-state index contributed by atoms with van der Waals surface area (Å²) >= 11 is 1.40. The van der Waals surface area contributed by atoms with Crippen LogP contribution in [0.5, 0.6) is 0 Å². The Hall–Kier alpha value is -1.74. The van der Waals surface area contributed by atoms with Gasteiger partial charge in [0.25, 0.3) is 0 Å². The van der Waals surface area contributed by atoms with Crippen LogP contribution in [0.2, 0.25) is 0 Å². The van der Waals surface area contributed by atoms with Crippen molar-refractivity contribution in [1.29, 1.82) is 5.26 Å². The zero-order chi connectivity index (χ0) is 16.4. The molecule has 0 atom stereocenters. The maximum Gasteiger partial charge on any atom is 0.232 e. The van der Waals surface area contributed by atoms with Gasteiger partial charge >= 0.3 is 0 Å². The Balaban J connectivity index is 1.81. The molecule has 4 heterocycles. The smallest absolute Gasteiger partial charge is 0.232 e. The molecule has 6 heteroatoms. The van der Waals surface area contributed by atoms with Gasteiger partial charge in [0.2, 0.25) is 5.91 Å². The van der Waals surface area contributed by atoms with Gasteiger partial charge in [-0.2, -0.15) is 5.26 Å². The number of nitrogens with zero attached hydrogens (tertiary/aromatic N) is 4. The molecule has 5 nitrogen and oxygen atoms in total. The quantitative estimate of drug-likeness (QED) is 0.777. The van der Waals surface area contributed by atoms with Gasteiger partial charge in [0, 0.05) is 32.1 Å². The SMILES string of the molecule is CCN(CC)C(=O)CSc1nc2c(cc1C#N)N1CCC2CC1. The number of carbonyl (C=O) groups is 1. The Kier molecular flexibility index (Phi) is 4.76. The number of anilines is 1. The van der Waals surface area contributed by atoms with Crippen molar-refractivity contribution in [1.82, 2.24) is 9.88 Å². The molecule has 3 aliphatic rings. The van der Waals surface area contributed by atoms with Crippen molar-refractivity contribution in [3.8, 4) is 6.07 Å². The van der Waals surface area contributed by atoms with Crippen LogP contribution in [0.3, 0.4) is 0 Å². The molecule has 0 saturated carbocycles. The summed E-state index contributed by atoms with van der Waals surface area (Å²) in [6.45, 7) is 7.53. The maximum atomic E-state index is 12.2. The fraction of sp³-hybridized carbons (Fsp3) is 0.588. The van der Waals surface area contributed by atoms with Crippen LogP contribution in [0, 0.1) is 11.3 Å². The van der Waals surface area contributed by atoms with E-state index in [1.807, 2.05) is 24.8 Å². The van der Waals surface area contributed by atoms with Gasteiger partial charge in [-0.05, 0) is 32.8 Å². The minimum atomic E-state index is 0.105. The van der Waals surface area contributed by atoms with Crippen molar-refractivity contribution in [3.05, 3.63) is 17.3 Å². The zero-order valence-corrected chi connectivity index (χ0v) is 14.5. The summed E-state index contributed by atoms with van der Waals surface area (Å²) in [5.41, 5.74) is 2.84. The predicted octanol–water partition coefficient (Wildman–Crippen LogP) is 2.61. The lowest BCUT2D eigenvalue weighted by Gasteiger charge is -2.41. The minimum absolute atomic E-state index is 0.105. The van der Waals surface area contributed by atoms with E-state index in [4.69, 9.17) is 4.98 Å². The number of thioether (sulfide) groups is 1. The molecule has 122 valence electrons. The van der Waals surface area contributed by atoms with Gasteiger partial charge in [-0.15, -0.1) is 0 Å². The number of nitriles is 1. The first-order valence-electron chi connectivity index (χ1n) is 8.28. The van der Waals surface area contributed by atoms with Crippen LogP contribution in [0.25, 0.3) is 0 Å². The predicted molar refractivity (Wildman–Crippen MR) is 91.8 cm³/mol. The van der Waals surface area contributed by atoms with Crippen molar-refractivity contribution >= 4 is 23.4 Å². The lowest BCUT2D eigenvalue weighted by molar-refractivity contribution is -0.127. The Morgan fingerprint density at radius 2 is 2.13 bits per heavy atom. The van der Waals surface area contributed by atoms with Gasteiger partial charge in [0.05, 0.1) is 22.7 Å². The summed E-state index contributed by atoms with van der Waals surface area (Å²) in [5, 5.41) is 10.1. The molecule has 0 unspecified atom stereocenters. The number of hydrogen-bond donors (Lipinski definition) is 0. The first-order chi connectivity index (χ1) is 11.2. The van der Waals surface area contributed by atoms with Crippen LogP contribution in [0.15, 0.2) is 11.1 Å². The molecule has 4 rings (SSSR count). The van der Waals surface area contributed by atoms with Crippen molar-refractivity contribution in [2.24, 2.45) is 0 Å². The van der Waals surface area contributed by atoms with Crippen LogP contribution in [-0.2, 0) is 4.79 Å². The molecule has 1 amide bonds. The summed E-state index contributed by atoms with van der Waals surface area (Å²) in [5.74, 6) is 0.963. The number of rotatable bonds is 5. The molecule has 0 N–H and O–H groups in total. The highest BCUT2D eigenvalue weighted by atomic mass is 32.2. The fourth-order valence-electron chi connectivity index (χ4n) is 3.43. The Morgan fingerprint density at radius 3 is 2.74 bits per heavy atom. The molecule has 1 aromatic rings. The number of fused-ring (bicyclic) bond motifs is 2. The van der Waals surface area contributed by atoms with Crippen LogP contribution >= 0.6 is 11.8 Å². The standard InChI is InChI=1S/C17H22N4OS/c1-3-20(4-2)15(22)11-23-17-13(10-18)9-14-16(19-17)12-5-7-21(14)8-6-12/h9,12H,3-8,11H2,1-2H3. The van der Waals surface area contributed by atoms with Crippen molar-refractivity contribution in [2.45, 2.75) is 37.6 Å². The van der Waals surface area contributed by atoms with E-state index in [9.17, 15) is 10.1 Å². The van der Waals surface area contributed by atoms with E-state index < -0.39 is 0 Å². The normalized spacial score (nSPS) is 16.1. The molecule has 3 aliphatic heterocycles. The van der Waals surface area contributed by atoms with Crippen molar-refractivity contribution in [3.63, 3.8) is 0 Å². The van der Waals surface area contributed by atoms with Crippen molar-refractivity contribution < 1.29 is 4.79 Å². The third-order valence-corrected chi connectivity index (χ3v) is 5.76. The van der Waals surface area contributed by atoms with Gasteiger partial charge in [0.15, 0.2) is 0 Å². The maximum absolute atomic E-state index is 12.2. The average Bonchev–Trinajstić information content (AvgIpc) is 2.61. The minimum Gasteiger partial charge on any atom is -0.370 e. The molecule has 23 heavy (non-hydrogen) atoms. The summed E-state index contributed by atoms with van der Waals surface area (Å²) in [4.78, 5) is 21.1. The first kappa shape index (κ1) is 16.1. The molecular formula is C17H22N4OS. The third-order valence-electron chi connectivity index (χ3n) is 4.79. The van der Waals surface area contributed by atoms with Crippen LogP contribution in [-0.4, -0.2) is 47.7 Å². The number of aromatic nitrogens is 1. The van der Waals surface area contributed by atoms with Gasteiger partial charge in [-0.3, -0.25) is 4.79 Å².